The first-order chi connectivity index (χ1) is 16.1. The van der Waals surface area contributed by atoms with Gasteiger partial charge in [-0.05, 0) is 48.2 Å². The molecule has 172 valence electrons. The van der Waals surface area contributed by atoms with Crippen molar-refractivity contribution in [2.24, 2.45) is 0 Å². The molecule has 3 heterocycles. The van der Waals surface area contributed by atoms with Gasteiger partial charge in [0.05, 0.1) is 22.9 Å². The van der Waals surface area contributed by atoms with E-state index in [1.807, 2.05) is 33.4 Å². The maximum atomic E-state index is 13.0. The van der Waals surface area contributed by atoms with E-state index < -0.39 is 0 Å². The second-order valence-corrected chi connectivity index (χ2v) is 9.45. The third-order valence-electron chi connectivity index (χ3n) is 5.17. The van der Waals surface area contributed by atoms with Crippen LogP contribution in [0, 0.1) is 5.82 Å². The van der Waals surface area contributed by atoms with Crippen molar-refractivity contribution in [3.05, 3.63) is 59.9 Å². The zero-order valence-electron chi connectivity index (χ0n) is 17.9. The Labute approximate surface area is 200 Å². The molecule has 0 bridgehead atoms. The van der Waals surface area contributed by atoms with E-state index >= 15 is 0 Å². The Kier molecular flexibility index (Phi) is 8.03. The fraction of sp³-hybridized carbons (Fsp3) is 0.304. The van der Waals surface area contributed by atoms with Crippen molar-refractivity contribution in [1.82, 2.24) is 19.8 Å². The quantitative estimate of drug-likeness (QED) is 0.407. The van der Waals surface area contributed by atoms with E-state index in [1.54, 1.807) is 17.5 Å². The lowest BCUT2D eigenvalue weighted by atomic mass is 10.3. The molecule has 1 aliphatic heterocycles. The van der Waals surface area contributed by atoms with Crippen LogP contribution in [0.4, 0.5) is 10.1 Å². The first-order valence-electron chi connectivity index (χ1n) is 10.6. The Morgan fingerprint density at radius 3 is 2.73 bits per heavy atom. The summed E-state index contributed by atoms with van der Waals surface area (Å²) in [6.07, 6.45) is 2.51. The van der Waals surface area contributed by atoms with Crippen LogP contribution in [0.25, 0.3) is 10.6 Å². The number of benzene rings is 1. The highest BCUT2D eigenvalue weighted by Gasteiger charge is 2.21. The zero-order chi connectivity index (χ0) is 23.0. The number of anilines is 1. The van der Waals surface area contributed by atoms with Gasteiger partial charge in [0.15, 0.2) is 5.16 Å². The Hall–Kier alpha value is -2.82. The van der Waals surface area contributed by atoms with Crippen molar-refractivity contribution in [3.63, 3.8) is 0 Å². The van der Waals surface area contributed by atoms with Crippen LogP contribution in [0.5, 0.6) is 0 Å². The molecule has 10 heteroatoms. The Morgan fingerprint density at radius 2 is 1.94 bits per heavy atom. The maximum Gasteiger partial charge on any atom is 0.238 e. The molecule has 0 unspecified atom stereocenters. The van der Waals surface area contributed by atoms with Crippen LogP contribution in [0.1, 0.15) is 6.42 Å². The fourth-order valence-electron chi connectivity index (χ4n) is 3.50. The first kappa shape index (κ1) is 23.3. The average Bonchev–Trinajstić information content (AvgIpc) is 3.26. The molecule has 0 spiro atoms. The molecule has 2 amide bonds. The molecular formula is C23H24FN5O2S2. The van der Waals surface area contributed by atoms with Crippen LogP contribution >= 0.6 is 23.1 Å². The van der Waals surface area contributed by atoms with Crippen LogP contribution in [0.3, 0.4) is 0 Å². The number of nitrogens with zero attached hydrogens (tertiary/aromatic N) is 4. The second-order valence-electron chi connectivity index (χ2n) is 7.56. The van der Waals surface area contributed by atoms with Gasteiger partial charge < -0.3 is 10.2 Å². The topological polar surface area (TPSA) is 78.4 Å². The minimum absolute atomic E-state index is 0.0442. The molecule has 4 rings (SSSR count). The van der Waals surface area contributed by atoms with E-state index in [0.29, 0.717) is 30.5 Å². The number of rotatable bonds is 7. The third kappa shape index (κ3) is 6.83. The highest BCUT2D eigenvalue weighted by atomic mass is 32.2. The molecular weight excluding hydrogens is 461 g/mol. The van der Waals surface area contributed by atoms with Gasteiger partial charge in [-0.15, -0.1) is 11.3 Å². The molecule has 1 aliphatic rings. The van der Waals surface area contributed by atoms with E-state index in [0.717, 1.165) is 23.5 Å². The van der Waals surface area contributed by atoms with E-state index in [-0.39, 0.29) is 29.9 Å². The van der Waals surface area contributed by atoms with E-state index in [9.17, 15) is 14.0 Å². The van der Waals surface area contributed by atoms with Crippen molar-refractivity contribution >= 4 is 40.6 Å². The lowest BCUT2D eigenvalue weighted by molar-refractivity contribution is -0.128. The lowest BCUT2D eigenvalue weighted by Gasteiger charge is -2.21. The summed E-state index contributed by atoms with van der Waals surface area (Å²) in [6.45, 7) is 2.82. The fourth-order valence-corrected chi connectivity index (χ4v) is 4.93. The summed E-state index contributed by atoms with van der Waals surface area (Å²) in [5.41, 5.74) is 1.43. The van der Waals surface area contributed by atoms with Crippen LogP contribution in [-0.4, -0.2) is 70.1 Å². The largest absolute Gasteiger partial charge is 0.341 e. The number of aromatic nitrogens is 2. The number of hydrogen-bond donors (Lipinski definition) is 1. The molecule has 1 aromatic carbocycles. The number of halogens is 1. The molecule has 0 radical (unpaired) electrons. The highest BCUT2D eigenvalue weighted by Crippen LogP contribution is 2.24. The molecule has 3 aromatic rings. The summed E-state index contributed by atoms with van der Waals surface area (Å²) < 4.78 is 13.0. The molecule has 1 saturated heterocycles. The molecule has 2 aromatic heterocycles. The Balaban J connectivity index is 1.23. The van der Waals surface area contributed by atoms with Crippen LogP contribution < -0.4 is 5.32 Å². The van der Waals surface area contributed by atoms with E-state index in [1.165, 1.54) is 36.0 Å². The standard InChI is InChI=1S/C23H24FN5O2S2/c24-17-4-6-18(7-5-17)26-21(30)15-28-10-2-11-29(13-12-28)22(31)16-33-23-25-9-8-19(27-23)20-3-1-14-32-20/h1,3-9,14H,2,10-13,15-16H2,(H,26,30). The predicted molar refractivity (Wildman–Crippen MR) is 129 cm³/mol. The molecule has 0 saturated carbocycles. The number of amides is 2. The van der Waals surface area contributed by atoms with Crippen LogP contribution in [0.15, 0.2) is 59.2 Å². The molecule has 0 atom stereocenters. The molecule has 7 nitrogen and oxygen atoms in total. The van der Waals surface area contributed by atoms with Crippen LogP contribution in [0.2, 0.25) is 0 Å². The van der Waals surface area contributed by atoms with Gasteiger partial charge in [0.2, 0.25) is 11.8 Å². The summed E-state index contributed by atoms with van der Waals surface area (Å²) in [6, 6.07) is 11.6. The van der Waals surface area contributed by atoms with Gasteiger partial charge in [-0.1, -0.05) is 17.8 Å². The maximum absolute atomic E-state index is 13.0. The van der Waals surface area contributed by atoms with Gasteiger partial charge >= 0.3 is 0 Å². The predicted octanol–water partition coefficient (Wildman–Crippen LogP) is 3.61. The normalized spacial score (nSPS) is 14.6. The Morgan fingerprint density at radius 1 is 1.09 bits per heavy atom. The van der Waals surface area contributed by atoms with Crippen molar-refractivity contribution in [2.75, 3.05) is 43.8 Å². The molecule has 1 fully saturated rings. The van der Waals surface area contributed by atoms with Crippen molar-refractivity contribution < 1.29 is 14.0 Å². The number of thiophene rings is 1. The second kappa shape index (κ2) is 11.4. The monoisotopic (exact) mass is 485 g/mol. The SMILES string of the molecule is O=C(CN1CCCN(C(=O)CSc2nccc(-c3cccs3)n2)CC1)Nc1ccc(F)cc1. The zero-order valence-corrected chi connectivity index (χ0v) is 19.6. The van der Waals surface area contributed by atoms with Gasteiger partial charge in [0.1, 0.15) is 5.82 Å². The number of hydrogen-bond acceptors (Lipinski definition) is 7. The lowest BCUT2D eigenvalue weighted by Crippen LogP contribution is -2.38. The average molecular weight is 486 g/mol. The van der Waals surface area contributed by atoms with Gasteiger partial charge in [0, 0.05) is 38.1 Å². The summed E-state index contributed by atoms with van der Waals surface area (Å²) in [5.74, 6) is -0.175. The molecule has 1 N–H and O–H groups in total. The number of carbonyl (C=O) groups excluding carboxylic acids is 2. The molecule has 0 aliphatic carbocycles. The van der Waals surface area contributed by atoms with Crippen molar-refractivity contribution in [1.29, 1.82) is 0 Å². The van der Waals surface area contributed by atoms with Gasteiger partial charge in [-0.25, -0.2) is 14.4 Å². The number of thioether (sulfide) groups is 1. The summed E-state index contributed by atoms with van der Waals surface area (Å²) >= 11 is 2.96. The summed E-state index contributed by atoms with van der Waals surface area (Å²) in [5, 5.41) is 5.37. The minimum Gasteiger partial charge on any atom is -0.341 e. The van der Waals surface area contributed by atoms with Gasteiger partial charge in [-0.3, -0.25) is 14.5 Å². The van der Waals surface area contributed by atoms with Crippen molar-refractivity contribution in [2.45, 2.75) is 11.6 Å². The summed E-state index contributed by atoms with van der Waals surface area (Å²) in [4.78, 5) is 38.9. The smallest absolute Gasteiger partial charge is 0.238 e. The van der Waals surface area contributed by atoms with E-state index in [2.05, 4.69) is 15.3 Å². The first-order valence-corrected chi connectivity index (χ1v) is 12.5. The van der Waals surface area contributed by atoms with Crippen LogP contribution in [-0.2, 0) is 9.59 Å². The number of nitrogens with one attached hydrogen (secondary N) is 1. The minimum atomic E-state index is -0.342. The number of carbonyl (C=O) groups is 2. The molecule has 33 heavy (non-hydrogen) atoms. The Bertz CT molecular complexity index is 1080. The van der Waals surface area contributed by atoms with Gasteiger partial charge in [-0.2, -0.15) is 0 Å². The van der Waals surface area contributed by atoms with Gasteiger partial charge in [0.25, 0.3) is 0 Å². The summed E-state index contributed by atoms with van der Waals surface area (Å²) in [7, 11) is 0. The van der Waals surface area contributed by atoms with Crippen molar-refractivity contribution in [3.8, 4) is 10.6 Å². The van der Waals surface area contributed by atoms with E-state index in [4.69, 9.17) is 0 Å². The third-order valence-corrected chi connectivity index (χ3v) is 6.91. The highest BCUT2D eigenvalue weighted by molar-refractivity contribution is 7.99.